The first-order chi connectivity index (χ1) is 19.4. The molecular weight excluding hydrogens is 470 g/mol. The summed E-state index contributed by atoms with van der Waals surface area (Å²) in [6, 6.07) is 40.9. The summed E-state index contributed by atoms with van der Waals surface area (Å²) in [4.78, 5) is 0. The molecule has 0 heterocycles. The van der Waals surface area contributed by atoms with E-state index in [2.05, 4.69) is 115 Å². The highest BCUT2D eigenvalue weighted by atomic mass is 15.0. The Morgan fingerprint density at radius 3 is 1.51 bits per heavy atom. The molecule has 0 aliphatic heterocycles. The fraction of sp³-hybridized carbons (Fsp3) is 0.316. The Morgan fingerprint density at radius 2 is 0.949 bits per heavy atom. The van der Waals surface area contributed by atoms with Crippen molar-refractivity contribution >= 4 is 5.57 Å². The zero-order valence-corrected chi connectivity index (χ0v) is 23.1. The molecule has 1 atom stereocenters. The second-order valence-corrected chi connectivity index (χ2v) is 11.3. The van der Waals surface area contributed by atoms with Crippen LogP contribution in [0.1, 0.15) is 92.5 Å². The maximum Gasteiger partial charge on any atom is 0.0593 e. The van der Waals surface area contributed by atoms with Crippen LogP contribution in [0.2, 0.25) is 0 Å². The smallest absolute Gasteiger partial charge is 0.0593 e. The second-order valence-electron chi connectivity index (χ2n) is 11.3. The summed E-state index contributed by atoms with van der Waals surface area (Å²) >= 11 is 0. The highest BCUT2D eigenvalue weighted by Crippen LogP contribution is 2.44. The largest absolute Gasteiger partial charge is 0.300 e. The molecule has 1 heteroatoms. The summed E-state index contributed by atoms with van der Waals surface area (Å²) in [6.45, 7) is 0. The summed E-state index contributed by atoms with van der Waals surface area (Å²) in [5, 5.41) is 4.29. The first-order valence-electron chi connectivity index (χ1n) is 15.2. The van der Waals surface area contributed by atoms with Crippen molar-refractivity contribution in [3.63, 3.8) is 0 Å². The zero-order chi connectivity index (χ0) is 26.3. The van der Waals surface area contributed by atoms with Crippen molar-refractivity contribution in [2.45, 2.75) is 76.3 Å². The third-order valence-electron chi connectivity index (χ3n) is 8.76. The lowest BCUT2D eigenvalue weighted by Crippen LogP contribution is -2.35. The van der Waals surface area contributed by atoms with Gasteiger partial charge in [-0.25, -0.2) is 0 Å². The van der Waals surface area contributed by atoms with E-state index >= 15 is 0 Å². The van der Waals surface area contributed by atoms with Gasteiger partial charge in [0.2, 0.25) is 0 Å². The maximum absolute atomic E-state index is 4.29. The lowest BCUT2D eigenvalue weighted by Gasteiger charge is -2.30. The summed E-state index contributed by atoms with van der Waals surface area (Å²) in [7, 11) is 0. The van der Waals surface area contributed by atoms with Crippen molar-refractivity contribution in [3.8, 4) is 11.1 Å². The van der Waals surface area contributed by atoms with Crippen molar-refractivity contribution in [1.82, 2.24) is 5.32 Å². The van der Waals surface area contributed by atoms with Crippen molar-refractivity contribution in [1.29, 1.82) is 0 Å². The minimum Gasteiger partial charge on any atom is -0.300 e. The summed E-state index contributed by atoms with van der Waals surface area (Å²) in [6.07, 6.45) is 13.0. The molecule has 1 nitrogen and oxygen atoms in total. The molecule has 1 saturated carbocycles. The normalized spacial score (nSPS) is 18.5. The Kier molecular flexibility index (Phi) is 8.36. The van der Waals surface area contributed by atoms with E-state index in [9.17, 15) is 0 Å². The molecule has 198 valence electrons. The Balaban J connectivity index is 1.48. The van der Waals surface area contributed by atoms with Crippen LogP contribution in [0, 0.1) is 0 Å². The molecule has 0 spiro atoms. The topological polar surface area (TPSA) is 12.0 Å². The van der Waals surface area contributed by atoms with Gasteiger partial charge in [0, 0.05) is 6.04 Å². The minimum atomic E-state index is 0.220. The van der Waals surface area contributed by atoms with E-state index in [1.165, 1.54) is 96.7 Å². The van der Waals surface area contributed by atoms with Gasteiger partial charge in [0.25, 0.3) is 0 Å². The van der Waals surface area contributed by atoms with E-state index in [0.29, 0.717) is 6.04 Å². The molecule has 0 radical (unpaired) electrons. The van der Waals surface area contributed by atoms with E-state index in [1.54, 1.807) is 5.57 Å². The Labute approximate surface area is 235 Å². The van der Waals surface area contributed by atoms with Gasteiger partial charge in [0.15, 0.2) is 0 Å². The van der Waals surface area contributed by atoms with Gasteiger partial charge in [-0.1, -0.05) is 154 Å². The Bertz CT molecular complexity index is 1300. The number of nitrogens with one attached hydrogen (secondary N) is 1. The molecule has 1 N–H and O–H groups in total. The van der Waals surface area contributed by atoms with Gasteiger partial charge in [0.05, 0.1) is 6.04 Å². The van der Waals surface area contributed by atoms with Crippen molar-refractivity contribution in [2.75, 3.05) is 0 Å². The molecular formula is C38H41N. The minimum absolute atomic E-state index is 0.220. The van der Waals surface area contributed by atoms with Gasteiger partial charge >= 0.3 is 0 Å². The van der Waals surface area contributed by atoms with E-state index in [4.69, 9.17) is 0 Å². The van der Waals surface area contributed by atoms with Crippen LogP contribution in [0.5, 0.6) is 0 Å². The molecule has 4 aromatic carbocycles. The molecule has 2 aliphatic carbocycles. The lowest BCUT2D eigenvalue weighted by molar-refractivity contribution is 0.447. The summed E-state index contributed by atoms with van der Waals surface area (Å²) < 4.78 is 0. The van der Waals surface area contributed by atoms with Gasteiger partial charge in [-0.3, -0.25) is 5.32 Å². The zero-order valence-electron chi connectivity index (χ0n) is 23.1. The van der Waals surface area contributed by atoms with E-state index in [1.807, 2.05) is 0 Å². The Morgan fingerprint density at radius 1 is 0.487 bits per heavy atom. The summed E-state index contributed by atoms with van der Waals surface area (Å²) in [5.41, 5.74) is 11.3. The quantitative estimate of drug-likeness (QED) is 0.287. The third-order valence-corrected chi connectivity index (χ3v) is 8.76. The van der Waals surface area contributed by atoms with Crippen LogP contribution in [-0.2, 0) is 0 Å². The first-order valence-corrected chi connectivity index (χ1v) is 15.2. The first kappa shape index (κ1) is 25.8. The Hall–Kier alpha value is -3.42. The van der Waals surface area contributed by atoms with E-state index < -0.39 is 0 Å². The molecule has 0 aromatic heterocycles. The molecule has 2 aliphatic rings. The highest BCUT2D eigenvalue weighted by Gasteiger charge is 2.31. The van der Waals surface area contributed by atoms with Crippen LogP contribution in [0.3, 0.4) is 0 Å². The second kappa shape index (κ2) is 12.6. The van der Waals surface area contributed by atoms with Crippen LogP contribution in [0.4, 0.5) is 0 Å². The molecule has 39 heavy (non-hydrogen) atoms. The van der Waals surface area contributed by atoms with Crippen molar-refractivity contribution in [2.24, 2.45) is 0 Å². The average Bonchev–Trinajstić information content (AvgIpc) is 3.30. The fourth-order valence-corrected chi connectivity index (χ4v) is 6.84. The SMILES string of the molecule is c1ccc(C(=C2CCCCCCCCCCC2NC2c3ccccc3-c3ccccc32)c2ccccc2)cc1. The monoisotopic (exact) mass is 511 g/mol. The van der Waals surface area contributed by atoms with Gasteiger partial charge in [-0.2, -0.15) is 0 Å². The van der Waals surface area contributed by atoms with E-state index in [0.717, 1.165) is 6.42 Å². The molecule has 0 amide bonds. The van der Waals surface area contributed by atoms with Crippen LogP contribution in [-0.4, -0.2) is 6.04 Å². The van der Waals surface area contributed by atoms with Gasteiger partial charge in [0.1, 0.15) is 0 Å². The number of benzene rings is 4. The molecule has 1 fully saturated rings. The van der Waals surface area contributed by atoms with E-state index in [-0.39, 0.29) is 6.04 Å². The fourth-order valence-electron chi connectivity index (χ4n) is 6.84. The van der Waals surface area contributed by atoms with Crippen LogP contribution < -0.4 is 5.32 Å². The maximum atomic E-state index is 4.29. The van der Waals surface area contributed by atoms with Gasteiger partial charge in [-0.15, -0.1) is 0 Å². The summed E-state index contributed by atoms with van der Waals surface area (Å²) in [5.74, 6) is 0. The van der Waals surface area contributed by atoms with Crippen LogP contribution in [0.25, 0.3) is 16.7 Å². The molecule has 0 bridgehead atoms. The number of rotatable bonds is 4. The average molecular weight is 512 g/mol. The van der Waals surface area contributed by atoms with Gasteiger partial charge in [-0.05, 0) is 63.8 Å². The van der Waals surface area contributed by atoms with Crippen molar-refractivity contribution in [3.05, 3.63) is 137 Å². The number of hydrogen-bond acceptors (Lipinski definition) is 1. The van der Waals surface area contributed by atoms with Gasteiger partial charge < -0.3 is 0 Å². The number of hydrogen-bond donors (Lipinski definition) is 1. The molecule has 0 saturated heterocycles. The highest BCUT2D eigenvalue weighted by molar-refractivity contribution is 5.83. The molecule has 6 rings (SSSR count). The number of fused-ring (bicyclic) bond motifs is 3. The molecule has 1 unspecified atom stereocenters. The molecule has 4 aromatic rings. The van der Waals surface area contributed by atoms with Crippen LogP contribution in [0.15, 0.2) is 115 Å². The predicted molar refractivity (Wildman–Crippen MR) is 166 cm³/mol. The standard InChI is InChI=1S/C38H41N/c1-2-4-6-14-28-36(39-38-33-25-17-15-23-31(33)32-24-16-18-26-34(32)38)35(27-13-5-3-1)37(29-19-9-7-10-20-29)30-21-11-8-12-22-30/h7-12,15-26,36,38-39H,1-6,13-14,27-28H2. The predicted octanol–water partition coefficient (Wildman–Crippen LogP) is 10.1. The van der Waals surface area contributed by atoms with Crippen LogP contribution >= 0.6 is 0 Å². The lowest BCUT2D eigenvalue weighted by atomic mass is 9.84. The third kappa shape index (κ3) is 5.80. The van der Waals surface area contributed by atoms with Crippen molar-refractivity contribution < 1.29 is 0 Å².